The van der Waals surface area contributed by atoms with E-state index in [1.54, 1.807) is 7.11 Å². The largest absolute Gasteiger partial charge is 0.496 e. The van der Waals surface area contributed by atoms with Crippen LogP contribution in [0.1, 0.15) is 48.5 Å². The topological polar surface area (TPSA) is 73.1 Å². The lowest BCUT2D eigenvalue weighted by Crippen LogP contribution is -2.30. The average molecular weight is 306 g/mol. The molecule has 0 bridgehead atoms. The van der Waals surface area contributed by atoms with Gasteiger partial charge in [0.2, 0.25) is 0 Å². The fraction of sp³-hybridized carbons (Fsp3) is 0.467. The third-order valence-corrected chi connectivity index (χ3v) is 4.14. The number of nitrogens with zero attached hydrogens (tertiary/aromatic N) is 2. The molecule has 0 aliphatic heterocycles. The summed E-state index contributed by atoms with van der Waals surface area (Å²) in [6, 6.07) is 5.87. The van der Waals surface area contributed by atoms with Gasteiger partial charge in [0.1, 0.15) is 5.75 Å². The number of nitrogens with one attached hydrogen (secondary N) is 1. The fourth-order valence-electron chi connectivity index (χ4n) is 2.29. The van der Waals surface area contributed by atoms with Gasteiger partial charge in [-0.3, -0.25) is 5.84 Å². The van der Waals surface area contributed by atoms with Crippen molar-refractivity contribution in [2.24, 2.45) is 5.84 Å². The van der Waals surface area contributed by atoms with Gasteiger partial charge in [0.15, 0.2) is 0 Å². The molecule has 1 aromatic carbocycles. The molecule has 1 atom stereocenters. The quantitative estimate of drug-likeness (QED) is 0.671. The molecule has 0 saturated heterocycles. The van der Waals surface area contributed by atoms with Gasteiger partial charge >= 0.3 is 0 Å². The smallest absolute Gasteiger partial charge is 0.124 e. The van der Waals surface area contributed by atoms with E-state index in [4.69, 9.17) is 10.6 Å². The lowest BCUT2D eigenvalue weighted by atomic mass is 9.88. The number of aryl methyl sites for hydroxylation is 1. The van der Waals surface area contributed by atoms with Crippen molar-refractivity contribution in [1.82, 2.24) is 15.0 Å². The molecule has 0 saturated carbocycles. The van der Waals surface area contributed by atoms with Gasteiger partial charge in [0, 0.05) is 11.0 Å². The van der Waals surface area contributed by atoms with E-state index in [2.05, 4.69) is 41.9 Å². The molecule has 2 rings (SSSR count). The number of benzene rings is 1. The number of rotatable bonds is 4. The van der Waals surface area contributed by atoms with Gasteiger partial charge < -0.3 is 4.74 Å². The Morgan fingerprint density at radius 1 is 1.33 bits per heavy atom. The summed E-state index contributed by atoms with van der Waals surface area (Å²) in [5.74, 6) is 6.63. The molecular formula is C15H22N4OS. The van der Waals surface area contributed by atoms with Crippen molar-refractivity contribution in [2.75, 3.05) is 7.11 Å². The summed E-state index contributed by atoms with van der Waals surface area (Å²) in [6.07, 6.45) is 0. The summed E-state index contributed by atoms with van der Waals surface area (Å²) in [6.45, 7) is 8.41. The van der Waals surface area contributed by atoms with Crippen LogP contribution < -0.4 is 16.0 Å². The minimum atomic E-state index is -0.186. The molecule has 21 heavy (non-hydrogen) atoms. The summed E-state index contributed by atoms with van der Waals surface area (Å²) in [5.41, 5.74) is 5.90. The zero-order chi connectivity index (χ0) is 15.6. The highest BCUT2D eigenvalue weighted by atomic mass is 32.1. The highest BCUT2D eigenvalue weighted by molar-refractivity contribution is 7.05. The van der Waals surface area contributed by atoms with E-state index in [1.807, 2.05) is 19.1 Å². The second kappa shape index (κ2) is 6.09. The molecular weight excluding hydrogens is 284 g/mol. The molecule has 0 amide bonds. The van der Waals surface area contributed by atoms with Crippen LogP contribution in [0.25, 0.3) is 0 Å². The standard InChI is InChI=1S/C15H22N4OS/c1-9-6-7-11(20-5)10(8-9)12(17-16)13-14(15(2,3)4)18-19-21-13/h6-8,12,17H,16H2,1-5H3. The SMILES string of the molecule is COc1ccc(C)cc1C(NN)c1snnc1C(C)(C)C. The number of ether oxygens (including phenoxy) is 1. The van der Waals surface area contributed by atoms with Crippen LogP contribution in [0.3, 0.4) is 0 Å². The van der Waals surface area contributed by atoms with Gasteiger partial charge in [0.05, 0.1) is 23.7 Å². The lowest BCUT2D eigenvalue weighted by Gasteiger charge is -2.23. The molecule has 6 heteroatoms. The van der Waals surface area contributed by atoms with Crippen LogP contribution >= 0.6 is 11.5 Å². The maximum absolute atomic E-state index is 5.83. The summed E-state index contributed by atoms with van der Waals surface area (Å²) < 4.78 is 9.59. The normalized spacial score (nSPS) is 13.2. The number of hydrogen-bond donors (Lipinski definition) is 2. The Morgan fingerprint density at radius 2 is 2.05 bits per heavy atom. The number of aromatic nitrogens is 2. The Labute approximate surface area is 129 Å². The van der Waals surface area contributed by atoms with Crippen molar-refractivity contribution in [3.05, 3.63) is 39.9 Å². The second-order valence-electron chi connectivity index (χ2n) is 6.08. The molecule has 1 aromatic heterocycles. The first kappa shape index (κ1) is 15.9. The first-order valence-corrected chi connectivity index (χ1v) is 7.59. The highest BCUT2D eigenvalue weighted by Crippen LogP contribution is 2.36. The maximum Gasteiger partial charge on any atom is 0.124 e. The second-order valence-corrected chi connectivity index (χ2v) is 6.87. The van der Waals surface area contributed by atoms with Crippen molar-refractivity contribution < 1.29 is 4.74 Å². The van der Waals surface area contributed by atoms with Crippen LogP contribution in [-0.2, 0) is 5.41 Å². The van der Waals surface area contributed by atoms with Crippen LogP contribution in [0.4, 0.5) is 0 Å². The molecule has 2 aromatic rings. The summed E-state index contributed by atoms with van der Waals surface area (Å²) in [5, 5.41) is 4.29. The number of hydrogen-bond acceptors (Lipinski definition) is 6. The maximum atomic E-state index is 5.83. The third kappa shape index (κ3) is 3.23. The third-order valence-electron chi connectivity index (χ3n) is 3.35. The van der Waals surface area contributed by atoms with E-state index in [0.29, 0.717) is 0 Å². The van der Waals surface area contributed by atoms with E-state index >= 15 is 0 Å². The molecule has 1 heterocycles. The number of hydrazine groups is 1. The van der Waals surface area contributed by atoms with E-state index in [9.17, 15) is 0 Å². The van der Waals surface area contributed by atoms with E-state index in [1.165, 1.54) is 11.5 Å². The van der Waals surface area contributed by atoms with Crippen LogP contribution in [0.15, 0.2) is 18.2 Å². The molecule has 0 aliphatic carbocycles. The van der Waals surface area contributed by atoms with Crippen molar-refractivity contribution in [2.45, 2.75) is 39.2 Å². The Morgan fingerprint density at radius 3 is 2.62 bits per heavy atom. The lowest BCUT2D eigenvalue weighted by molar-refractivity contribution is 0.404. The minimum Gasteiger partial charge on any atom is -0.496 e. The van der Waals surface area contributed by atoms with Crippen LogP contribution in [0.5, 0.6) is 5.75 Å². The van der Waals surface area contributed by atoms with Crippen molar-refractivity contribution >= 4 is 11.5 Å². The van der Waals surface area contributed by atoms with Gasteiger partial charge in [-0.1, -0.05) is 43.0 Å². The van der Waals surface area contributed by atoms with Crippen LogP contribution in [0, 0.1) is 6.92 Å². The molecule has 0 aliphatic rings. The van der Waals surface area contributed by atoms with Crippen molar-refractivity contribution in [3.63, 3.8) is 0 Å². The summed E-state index contributed by atoms with van der Waals surface area (Å²) in [4.78, 5) is 1.02. The van der Waals surface area contributed by atoms with Gasteiger partial charge in [-0.25, -0.2) is 5.43 Å². The Hall–Kier alpha value is -1.50. The van der Waals surface area contributed by atoms with Crippen LogP contribution in [0.2, 0.25) is 0 Å². The summed E-state index contributed by atoms with van der Waals surface area (Å²) >= 11 is 1.37. The number of nitrogens with two attached hydrogens (primary N) is 1. The zero-order valence-electron chi connectivity index (χ0n) is 13.1. The Bertz CT molecular complexity index is 618. The zero-order valence-corrected chi connectivity index (χ0v) is 13.9. The molecule has 0 spiro atoms. The molecule has 0 fully saturated rings. The minimum absolute atomic E-state index is 0.0888. The van der Waals surface area contributed by atoms with E-state index in [-0.39, 0.29) is 11.5 Å². The molecule has 3 N–H and O–H groups in total. The molecule has 114 valence electrons. The monoisotopic (exact) mass is 306 g/mol. The van der Waals surface area contributed by atoms with Gasteiger partial charge in [-0.2, -0.15) is 0 Å². The van der Waals surface area contributed by atoms with Gasteiger partial charge in [-0.05, 0) is 24.5 Å². The average Bonchev–Trinajstić information content (AvgIpc) is 2.89. The van der Waals surface area contributed by atoms with Crippen molar-refractivity contribution in [3.8, 4) is 5.75 Å². The number of methoxy groups -OCH3 is 1. The first-order chi connectivity index (χ1) is 9.88. The fourth-order valence-corrected chi connectivity index (χ4v) is 3.24. The van der Waals surface area contributed by atoms with Gasteiger partial charge in [0.25, 0.3) is 0 Å². The molecule has 0 radical (unpaired) electrons. The molecule has 1 unspecified atom stereocenters. The predicted molar refractivity (Wildman–Crippen MR) is 85.5 cm³/mol. The van der Waals surface area contributed by atoms with E-state index < -0.39 is 0 Å². The highest BCUT2D eigenvalue weighted by Gasteiger charge is 2.29. The van der Waals surface area contributed by atoms with Crippen molar-refractivity contribution in [1.29, 1.82) is 0 Å². The van der Waals surface area contributed by atoms with Gasteiger partial charge in [-0.15, -0.1) is 5.10 Å². The first-order valence-electron chi connectivity index (χ1n) is 6.82. The summed E-state index contributed by atoms with van der Waals surface area (Å²) in [7, 11) is 1.66. The predicted octanol–water partition coefficient (Wildman–Crippen LogP) is 2.71. The van der Waals surface area contributed by atoms with E-state index in [0.717, 1.165) is 27.4 Å². The van der Waals surface area contributed by atoms with Crippen LogP contribution in [-0.4, -0.2) is 16.7 Å². The Balaban J connectivity index is 2.56. The molecule has 5 nitrogen and oxygen atoms in total. The Kier molecular flexibility index (Phi) is 4.61.